The predicted molar refractivity (Wildman–Crippen MR) is 78.1 cm³/mol. The van der Waals surface area contributed by atoms with Gasteiger partial charge in [-0.25, -0.2) is 0 Å². The van der Waals surface area contributed by atoms with Crippen LogP contribution in [-0.2, 0) is 4.79 Å². The Bertz CT molecular complexity index is 258. The van der Waals surface area contributed by atoms with Gasteiger partial charge in [-0.3, -0.25) is 4.79 Å². The summed E-state index contributed by atoms with van der Waals surface area (Å²) in [5, 5.41) is 6.43. The SMILES string of the molecule is O=C(CCCN1CCNCC1)NCCC1CCCC1. The summed E-state index contributed by atoms with van der Waals surface area (Å²) in [6.45, 7) is 6.39. The van der Waals surface area contributed by atoms with Crippen LogP contribution in [0.15, 0.2) is 0 Å². The van der Waals surface area contributed by atoms with Crippen LogP contribution in [0, 0.1) is 5.92 Å². The van der Waals surface area contributed by atoms with E-state index in [1.54, 1.807) is 0 Å². The molecular weight excluding hydrogens is 238 g/mol. The fraction of sp³-hybridized carbons (Fsp3) is 0.933. The molecule has 0 aromatic rings. The summed E-state index contributed by atoms with van der Waals surface area (Å²) < 4.78 is 0. The number of nitrogens with one attached hydrogen (secondary N) is 2. The second kappa shape index (κ2) is 8.54. The molecule has 0 unspecified atom stereocenters. The van der Waals surface area contributed by atoms with E-state index in [1.165, 1.54) is 32.1 Å². The largest absolute Gasteiger partial charge is 0.356 e. The van der Waals surface area contributed by atoms with E-state index in [1.807, 2.05) is 0 Å². The molecule has 4 nitrogen and oxygen atoms in total. The smallest absolute Gasteiger partial charge is 0.220 e. The van der Waals surface area contributed by atoms with Gasteiger partial charge in [-0.05, 0) is 25.3 Å². The molecule has 0 bridgehead atoms. The first-order chi connectivity index (χ1) is 9.34. The van der Waals surface area contributed by atoms with Gasteiger partial charge in [-0.2, -0.15) is 0 Å². The number of rotatable bonds is 7. The Kier molecular flexibility index (Phi) is 6.65. The molecule has 0 spiro atoms. The van der Waals surface area contributed by atoms with E-state index in [-0.39, 0.29) is 5.91 Å². The van der Waals surface area contributed by atoms with Crippen LogP contribution in [0.4, 0.5) is 0 Å². The van der Waals surface area contributed by atoms with Crippen molar-refractivity contribution in [3.63, 3.8) is 0 Å². The molecule has 2 rings (SSSR count). The van der Waals surface area contributed by atoms with Crippen molar-refractivity contribution in [1.82, 2.24) is 15.5 Å². The van der Waals surface area contributed by atoms with Crippen LogP contribution in [0.5, 0.6) is 0 Å². The summed E-state index contributed by atoms with van der Waals surface area (Å²) in [6, 6.07) is 0. The molecule has 19 heavy (non-hydrogen) atoms. The van der Waals surface area contributed by atoms with E-state index < -0.39 is 0 Å². The van der Waals surface area contributed by atoms with Gasteiger partial charge in [0.05, 0.1) is 0 Å². The molecule has 0 aromatic carbocycles. The molecule has 1 saturated carbocycles. The number of nitrogens with zero attached hydrogens (tertiary/aromatic N) is 1. The zero-order valence-corrected chi connectivity index (χ0v) is 12.1. The monoisotopic (exact) mass is 267 g/mol. The van der Waals surface area contributed by atoms with Gasteiger partial charge in [0.1, 0.15) is 0 Å². The number of carbonyl (C=O) groups excluding carboxylic acids is 1. The summed E-state index contributed by atoms with van der Waals surface area (Å²) in [5.41, 5.74) is 0. The van der Waals surface area contributed by atoms with Crippen LogP contribution in [0.3, 0.4) is 0 Å². The summed E-state index contributed by atoms with van der Waals surface area (Å²) in [7, 11) is 0. The first-order valence-corrected chi connectivity index (χ1v) is 8.04. The maximum Gasteiger partial charge on any atom is 0.220 e. The third-order valence-corrected chi connectivity index (χ3v) is 4.44. The molecule has 1 saturated heterocycles. The quantitative estimate of drug-likeness (QED) is 0.732. The number of amides is 1. The van der Waals surface area contributed by atoms with E-state index in [9.17, 15) is 4.79 Å². The van der Waals surface area contributed by atoms with Crippen LogP contribution >= 0.6 is 0 Å². The lowest BCUT2D eigenvalue weighted by molar-refractivity contribution is -0.121. The van der Waals surface area contributed by atoms with Gasteiger partial charge < -0.3 is 15.5 Å². The van der Waals surface area contributed by atoms with E-state index in [0.29, 0.717) is 6.42 Å². The predicted octanol–water partition coefficient (Wildman–Crippen LogP) is 1.37. The minimum absolute atomic E-state index is 0.244. The third kappa shape index (κ3) is 5.91. The lowest BCUT2D eigenvalue weighted by Crippen LogP contribution is -2.43. The van der Waals surface area contributed by atoms with Crippen molar-refractivity contribution in [3.8, 4) is 0 Å². The lowest BCUT2D eigenvalue weighted by Gasteiger charge is -2.26. The Morgan fingerprint density at radius 2 is 1.95 bits per heavy atom. The van der Waals surface area contributed by atoms with Crippen LogP contribution in [0.25, 0.3) is 0 Å². The summed E-state index contributed by atoms with van der Waals surface area (Å²) in [5.74, 6) is 1.12. The molecule has 2 N–H and O–H groups in total. The second-order valence-electron chi connectivity index (χ2n) is 5.98. The van der Waals surface area contributed by atoms with Crippen LogP contribution in [0.2, 0.25) is 0 Å². The van der Waals surface area contributed by atoms with Crippen molar-refractivity contribution in [1.29, 1.82) is 0 Å². The Morgan fingerprint density at radius 3 is 2.68 bits per heavy atom. The Morgan fingerprint density at radius 1 is 1.21 bits per heavy atom. The highest BCUT2D eigenvalue weighted by Crippen LogP contribution is 2.26. The Balaban J connectivity index is 1.44. The van der Waals surface area contributed by atoms with Gasteiger partial charge in [0, 0.05) is 39.1 Å². The van der Waals surface area contributed by atoms with Gasteiger partial charge in [-0.15, -0.1) is 0 Å². The molecule has 110 valence electrons. The fourth-order valence-electron chi connectivity index (χ4n) is 3.20. The molecular formula is C15H29N3O. The van der Waals surface area contributed by atoms with Crippen LogP contribution in [-0.4, -0.2) is 50.1 Å². The van der Waals surface area contributed by atoms with Crippen molar-refractivity contribution < 1.29 is 4.79 Å². The Labute approximate surface area is 117 Å². The van der Waals surface area contributed by atoms with Gasteiger partial charge in [0.2, 0.25) is 5.91 Å². The van der Waals surface area contributed by atoms with Crippen LogP contribution < -0.4 is 10.6 Å². The van der Waals surface area contributed by atoms with Crippen molar-refractivity contribution >= 4 is 5.91 Å². The van der Waals surface area contributed by atoms with Gasteiger partial charge in [-0.1, -0.05) is 25.7 Å². The van der Waals surface area contributed by atoms with Crippen molar-refractivity contribution in [2.75, 3.05) is 39.3 Å². The molecule has 1 heterocycles. The highest BCUT2D eigenvalue weighted by atomic mass is 16.1. The standard InChI is InChI=1S/C15H29N3O/c19-15(17-8-7-14-4-1-2-5-14)6-3-11-18-12-9-16-10-13-18/h14,16H,1-13H2,(H,17,19). The maximum atomic E-state index is 11.7. The van der Waals surface area contributed by atoms with Crippen molar-refractivity contribution in [2.45, 2.75) is 44.9 Å². The van der Waals surface area contributed by atoms with Crippen molar-refractivity contribution in [2.24, 2.45) is 5.92 Å². The molecule has 1 aliphatic heterocycles. The molecule has 0 aromatic heterocycles. The van der Waals surface area contributed by atoms with Crippen molar-refractivity contribution in [3.05, 3.63) is 0 Å². The summed E-state index contributed by atoms with van der Waals surface area (Å²) in [4.78, 5) is 14.2. The summed E-state index contributed by atoms with van der Waals surface area (Å²) in [6.07, 6.45) is 8.40. The molecule has 1 aliphatic carbocycles. The molecule has 0 atom stereocenters. The van der Waals surface area contributed by atoms with E-state index in [4.69, 9.17) is 0 Å². The second-order valence-corrected chi connectivity index (χ2v) is 5.98. The van der Waals surface area contributed by atoms with Crippen LogP contribution in [0.1, 0.15) is 44.9 Å². The molecule has 0 radical (unpaired) electrons. The minimum atomic E-state index is 0.244. The molecule has 1 amide bonds. The zero-order valence-electron chi connectivity index (χ0n) is 12.1. The normalized spacial score (nSPS) is 21.7. The lowest BCUT2D eigenvalue weighted by atomic mass is 10.0. The average molecular weight is 267 g/mol. The van der Waals surface area contributed by atoms with E-state index >= 15 is 0 Å². The van der Waals surface area contributed by atoms with Gasteiger partial charge >= 0.3 is 0 Å². The number of hydrogen-bond acceptors (Lipinski definition) is 3. The summed E-state index contributed by atoms with van der Waals surface area (Å²) >= 11 is 0. The fourth-order valence-corrected chi connectivity index (χ4v) is 3.20. The first kappa shape index (κ1) is 14.8. The van der Waals surface area contributed by atoms with Gasteiger partial charge in [0.15, 0.2) is 0 Å². The number of hydrogen-bond donors (Lipinski definition) is 2. The highest BCUT2D eigenvalue weighted by molar-refractivity contribution is 5.75. The van der Waals surface area contributed by atoms with Gasteiger partial charge in [0.25, 0.3) is 0 Å². The Hall–Kier alpha value is -0.610. The number of carbonyl (C=O) groups is 1. The average Bonchev–Trinajstić information content (AvgIpc) is 2.93. The van der Waals surface area contributed by atoms with E-state index in [2.05, 4.69) is 15.5 Å². The highest BCUT2D eigenvalue weighted by Gasteiger charge is 2.14. The first-order valence-electron chi connectivity index (χ1n) is 8.04. The number of piperazine rings is 1. The molecule has 2 aliphatic rings. The maximum absolute atomic E-state index is 11.7. The third-order valence-electron chi connectivity index (χ3n) is 4.44. The van der Waals surface area contributed by atoms with E-state index in [0.717, 1.165) is 51.6 Å². The molecule has 4 heteroatoms. The molecule has 2 fully saturated rings. The minimum Gasteiger partial charge on any atom is -0.356 e. The zero-order chi connectivity index (χ0) is 13.3. The topological polar surface area (TPSA) is 44.4 Å².